The molecule has 2 aromatic rings. The van der Waals surface area contributed by atoms with Crippen LogP contribution < -0.4 is 10.2 Å². The molecule has 0 saturated carbocycles. The van der Waals surface area contributed by atoms with Crippen molar-refractivity contribution in [1.82, 2.24) is 5.32 Å². The second-order valence-electron chi connectivity index (χ2n) is 6.90. The number of anilines is 1. The minimum atomic E-state index is -0.817. The molecular weight excluding hydrogens is 322 g/mol. The van der Waals surface area contributed by atoms with Crippen LogP contribution in [-0.4, -0.2) is 19.5 Å². The molecule has 0 unspecified atom stereocenters. The van der Waals surface area contributed by atoms with E-state index < -0.39 is 17.3 Å². The molecule has 0 radical (unpaired) electrons. The van der Waals surface area contributed by atoms with Crippen LogP contribution in [-0.2, 0) is 10.2 Å². The first-order chi connectivity index (χ1) is 11.9. The van der Waals surface area contributed by atoms with Gasteiger partial charge in [0.05, 0.1) is 17.1 Å². The summed E-state index contributed by atoms with van der Waals surface area (Å²) in [4.78, 5) is 14.7. The molecule has 2 aromatic carbocycles. The molecule has 1 aliphatic rings. The van der Waals surface area contributed by atoms with Crippen molar-refractivity contribution >= 4 is 11.6 Å². The number of para-hydroxylation sites is 1. The van der Waals surface area contributed by atoms with E-state index in [0.717, 1.165) is 0 Å². The third-order valence-corrected chi connectivity index (χ3v) is 4.87. The predicted octanol–water partition coefficient (Wildman–Crippen LogP) is 3.94. The van der Waals surface area contributed by atoms with Crippen molar-refractivity contribution in [3.05, 3.63) is 65.2 Å². The van der Waals surface area contributed by atoms with E-state index in [2.05, 4.69) is 5.32 Å². The van der Waals surface area contributed by atoms with Crippen LogP contribution >= 0.6 is 0 Å². The summed E-state index contributed by atoms with van der Waals surface area (Å²) in [5, 5.41) is 3.05. The summed E-state index contributed by atoms with van der Waals surface area (Å²) >= 11 is 0. The summed E-state index contributed by atoms with van der Waals surface area (Å²) in [6, 6.07) is 10.5. The Bertz CT molecular complexity index is 804. The van der Waals surface area contributed by atoms with E-state index in [1.807, 2.05) is 7.05 Å². The Morgan fingerprint density at radius 2 is 1.88 bits per heavy atom. The van der Waals surface area contributed by atoms with Crippen molar-refractivity contribution in [3.63, 3.8) is 0 Å². The zero-order valence-electron chi connectivity index (χ0n) is 14.6. The van der Waals surface area contributed by atoms with E-state index in [4.69, 9.17) is 0 Å². The van der Waals surface area contributed by atoms with Crippen LogP contribution in [0, 0.1) is 11.6 Å². The topological polar surface area (TPSA) is 32.3 Å². The Balaban J connectivity index is 2.15. The van der Waals surface area contributed by atoms with Crippen LogP contribution in [0.15, 0.2) is 42.5 Å². The number of benzene rings is 2. The van der Waals surface area contributed by atoms with E-state index in [1.165, 1.54) is 23.1 Å². The van der Waals surface area contributed by atoms with Crippen LogP contribution in [0.25, 0.3) is 0 Å². The Labute approximate surface area is 146 Å². The maximum atomic E-state index is 14.7. The van der Waals surface area contributed by atoms with Gasteiger partial charge in [-0.25, -0.2) is 8.78 Å². The number of hydrogen-bond acceptors (Lipinski definition) is 2. The lowest BCUT2D eigenvalue weighted by Crippen LogP contribution is -2.39. The first-order valence-electron chi connectivity index (χ1n) is 8.40. The highest BCUT2D eigenvalue weighted by Gasteiger charge is 2.47. The van der Waals surface area contributed by atoms with Crippen molar-refractivity contribution in [3.8, 4) is 0 Å². The zero-order chi connectivity index (χ0) is 18.2. The molecule has 25 heavy (non-hydrogen) atoms. The summed E-state index contributed by atoms with van der Waals surface area (Å²) < 4.78 is 28.4. The molecule has 3 rings (SSSR count). The van der Waals surface area contributed by atoms with Gasteiger partial charge in [0.2, 0.25) is 5.91 Å². The number of halogens is 2. The number of carbonyl (C=O) groups excluding carboxylic acids is 1. The Kier molecular flexibility index (Phi) is 4.60. The minimum absolute atomic E-state index is 0.169. The van der Waals surface area contributed by atoms with Crippen molar-refractivity contribution in [2.45, 2.75) is 31.7 Å². The Morgan fingerprint density at radius 3 is 2.56 bits per heavy atom. The van der Waals surface area contributed by atoms with Crippen molar-refractivity contribution in [2.24, 2.45) is 0 Å². The molecule has 3 nitrogen and oxygen atoms in total. The highest BCUT2D eigenvalue weighted by molar-refractivity contribution is 6.08. The third kappa shape index (κ3) is 2.93. The lowest BCUT2D eigenvalue weighted by molar-refractivity contribution is -0.122. The fraction of sp³-hybridized carbons (Fsp3) is 0.350. The van der Waals surface area contributed by atoms with Gasteiger partial charge in [0.25, 0.3) is 0 Å². The first kappa shape index (κ1) is 17.5. The summed E-state index contributed by atoms with van der Waals surface area (Å²) in [7, 11) is 1.81. The number of fused-ring (bicyclic) bond motifs is 1. The second-order valence-corrected chi connectivity index (χ2v) is 6.90. The van der Waals surface area contributed by atoms with Crippen LogP contribution in [0.2, 0.25) is 0 Å². The van der Waals surface area contributed by atoms with Gasteiger partial charge in [-0.05, 0) is 63.2 Å². The van der Waals surface area contributed by atoms with E-state index in [1.54, 1.807) is 38.1 Å². The highest BCUT2D eigenvalue weighted by atomic mass is 19.1. The fourth-order valence-electron chi connectivity index (χ4n) is 3.52. The van der Waals surface area contributed by atoms with E-state index in [0.29, 0.717) is 29.8 Å². The molecule has 0 saturated heterocycles. The van der Waals surface area contributed by atoms with Gasteiger partial charge < -0.3 is 10.2 Å². The zero-order valence-corrected chi connectivity index (χ0v) is 14.6. The molecule has 1 aliphatic heterocycles. The second kappa shape index (κ2) is 6.56. The predicted molar refractivity (Wildman–Crippen MR) is 94.6 cm³/mol. The largest absolute Gasteiger partial charge is 0.320 e. The molecule has 0 aromatic heterocycles. The fourth-order valence-corrected chi connectivity index (χ4v) is 3.52. The molecule has 1 amide bonds. The maximum Gasteiger partial charge on any atom is 0.237 e. The van der Waals surface area contributed by atoms with Crippen molar-refractivity contribution in [1.29, 1.82) is 0 Å². The molecule has 1 heterocycles. The average molecular weight is 344 g/mol. The average Bonchev–Trinajstić information content (AvgIpc) is 2.78. The molecule has 0 bridgehead atoms. The number of carbonyl (C=O) groups is 1. The molecule has 1 atom stereocenters. The van der Waals surface area contributed by atoms with Gasteiger partial charge in [-0.2, -0.15) is 0 Å². The molecule has 5 heteroatoms. The van der Waals surface area contributed by atoms with Gasteiger partial charge in [0, 0.05) is 0 Å². The number of rotatable bonds is 5. The standard InChI is InChI=1S/C20H22F2N2O/c1-20(2)15-8-5-9-16(22)18(15)24(19(20)25)17(10-11-23-3)13-6-4-7-14(21)12-13/h4-9,12,17,23H,10-11H2,1-3H3/t17-/m0/s1. The maximum absolute atomic E-state index is 14.7. The van der Waals surface area contributed by atoms with E-state index in [-0.39, 0.29) is 11.7 Å². The van der Waals surface area contributed by atoms with Gasteiger partial charge in [-0.3, -0.25) is 4.79 Å². The van der Waals surface area contributed by atoms with Gasteiger partial charge >= 0.3 is 0 Å². The van der Waals surface area contributed by atoms with Gasteiger partial charge in [-0.15, -0.1) is 0 Å². The van der Waals surface area contributed by atoms with E-state index in [9.17, 15) is 13.6 Å². The van der Waals surface area contributed by atoms with Crippen LogP contribution in [0.3, 0.4) is 0 Å². The highest BCUT2D eigenvalue weighted by Crippen LogP contribution is 2.47. The summed E-state index contributed by atoms with van der Waals surface area (Å²) in [5.41, 5.74) is 0.824. The number of hydrogen-bond donors (Lipinski definition) is 1. The molecule has 132 valence electrons. The number of nitrogens with zero attached hydrogens (tertiary/aromatic N) is 1. The van der Waals surface area contributed by atoms with Crippen molar-refractivity contribution in [2.75, 3.05) is 18.5 Å². The molecule has 1 N–H and O–H groups in total. The van der Waals surface area contributed by atoms with Gasteiger partial charge in [0.1, 0.15) is 11.6 Å². The molecule has 0 aliphatic carbocycles. The summed E-state index contributed by atoms with van der Waals surface area (Å²) in [6.45, 7) is 4.22. The quantitative estimate of drug-likeness (QED) is 0.891. The SMILES string of the molecule is CNCC[C@@H](c1cccc(F)c1)N1C(=O)C(C)(C)c2cccc(F)c21. The molecular formula is C20H22F2N2O. The Morgan fingerprint density at radius 1 is 1.16 bits per heavy atom. The number of nitrogens with one attached hydrogen (secondary N) is 1. The Hall–Kier alpha value is -2.27. The normalized spacial score (nSPS) is 16.8. The smallest absolute Gasteiger partial charge is 0.237 e. The van der Waals surface area contributed by atoms with Gasteiger partial charge in [0.15, 0.2) is 0 Å². The first-order valence-corrected chi connectivity index (χ1v) is 8.40. The summed E-state index contributed by atoms with van der Waals surface area (Å²) in [5.74, 6) is -0.966. The molecule has 0 fully saturated rings. The lowest BCUT2D eigenvalue weighted by Gasteiger charge is -2.30. The minimum Gasteiger partial charge on any atom is -0.320 e. The third-order valence-electron chi connectivity index (χ3n) is 4.87. The monoisotopic (exact) mass is 344 g/mol. The molecule has 0 spiro atoms. The van der Waals surface area contributed by atoms with Crippen molar-refractivity contribution < 1.29 is 13.6 Å². The number of amides is 1. The lowest BCUT2D eigenvalue weighted by atomic mass is 9.86. The van der Waals surface area contributed by atoms with Crippen LogP contribution in [0.1, 0.15) is 37.4 Å². The van der Waals surface area contributed by atoms with Crippen LogP contribution in [0.5, 0.6) is 0 Å². The van der Waals surface area contributed by atoms with E-state index >= 15 is 0 Å². The van der Waals surface area contributed by atoms with Gasteiger partial charge in [-0.1, -0.05) is 24.3 Å². The van der Waals surface area contributed by atoms with Crippen LogP contribution in [0.4, 0.5) is 14.5 Å². The summed E-state index contributed by atoms with van der Waals surface area (Å²) in [6.07, 6.45) is 0.551.